The molecule has 1 aromatic heterocycles. The van der Waals surface area contributed by atoms with Gasteiger partial charge in [0.25, 0.3) is 0 Å². The second-order valence-corrected chi connectivity index (χ2v) is 7.44. The number of anilines is 1. The second kappa shape index (κ2) is 8.02. The topological polar surface area (TPSA) is 55.4 Å². The highest BCUT2D eigenvalue weighted by atomic mass is 35.5. The van der Waals surface area contributed by atoms with Crippen LogP contribution in [0.1, 0.15) is 51.5 Å². The quantitative estimate of drug-likeness (QED) is 0.605. The maximum atomic E-state index is 12.6. The molecule has 0 aliphatic heterocycles. The molecule has 0 unspecified atom stereocenters. The molecule has 0 radical (unpaired) electrons. The average molecular weight is 378 g/mol. The Morgan fingerprint density at radius 3 is 2.68 bits per heavy atom. The summed E-state index contributed by atoms with van der Waals surface area (Å²) in [6.07, 6.45) is 3.93. The number of alkyl halides is 1. The third-order valence-corrected chi connectivity index (χ3v) is 5.87. The number of esters is 1. The lowest BCUT2D eigenvalue weighted by Crippen LogP contribution is -2.19. The molecule has 1 N–H and O–H groups in total. The smallest absolute Gasteiger partial charge is 0.341 e. The van der Waals surface area contributed by atoms with Crippen LogP contribution in [0.5, 0.6) is 0 Å². The van der Waals surface area contributed by atoms with Crippen molar-refractivity contribution in [1.29, 1.82) is 0 Å². The van der Waals surface area contributed by atoms with Crippen LogP contribution in [0, 0.1) is 0 Å². The molecule has 0 saturated heterocycles. The maximum absolute atomic E-state index is 12.6. The van der Waals surface area contributed by atoms with E-state index in [-0.39, 0.29) is 11.9 Å². The summed E-state index contributed by atoms with van der Waals surface area (Å²) in [5.41, 5.74) is 2.25. The van der Waals surface area contributed by atoms with Crippen LogP contribution in [0.2, 0.25) is 0 Å². The van der Waals surface area contributed by atoms with E-state index in [0.29, 0.717) is 17.2 Å². The fraction of sp³-hybridized carbons (Fsp3) is 0.368. The lowest BCUT2D eigenvalue weighted by atomic mass is 9.95. The van der Waals surface area contributed by atoms with Crippen LogP contribution >= 0.6 is 22.9 Å². The molecule has 1 aromatic carbocycles. The van der Waals surface area contributed by atoms with Crippen molar-refractivity contribution in [3.05, 3.63) is 51.9 Å². The second-order valence-electron chi connectivity index (χ2n) is 5.90. The van der Waals surface area contributed by atoms with E-state index < -0.39 is 5.38 Å². The van der Waals surface area contributed by atoms with Crippen molar-refractivity contribution in [2.75, 3.05) is 11.9 Å². The molecular formula is C19H20ClNO3S. The highest BCUT2D eigenvalue weighted by Crippen LogP contribution is 2.39. The lowest BCUT2D eigenvalue weighted by molar-refractivity contribution is -0.115. The minimum Gasteiger partial charge on any atom is -0.462 e. The van der Waals surface area contributed by atoms with Crippen molar-refractivity contribution >= 4 is 39.8 Å². The van der Waals surface area contributed by atoms with Gasteiger partial charge in [-0.05, 0) is 43.7 Å². The van der Waals surface area contributed by atoms with E-state index in [1.54, 1.807) is 6.92 Å². The van der Waals surface area contributed by atoms with E-state index >= 15 is 0 Å². The van der Waals surface area contributed by atoms with Gasteiger partial charge in [-0.3, -0.25) is 4.79 Å². The van der Waals surface area contributed by atoms with Gasteiger partial charge >= 0.3 is 5.97 Å². The van der Waals surface area contributed by atoms with Gasteiger partial charge in [0.2, 0.25) is 5.91 Å². The van der Waals surface area contributed by atoms with Crippen LogP contribution in [0.25, 0.3) is 0 Å². The Hall–Kier alpha value is -1.85. The first-order valence-electron chi connectivity index (χ1n) is 8.43. The number of benzene rings is 1. The molecule has 1 amide bonds. The number of carbonyl (C=O) groups excluding carboxylic acids is 2. The number of rotatable bonds is 5. The molecule has 4 nitrogen and oxygen atoms in total. The largest absolute Gasteiger partial charge is 0.462 e. The van der Waals surface area contributed by atoms with E-state index in [9.17, 15) is 9.59 Å². The first-order chi connectivity index (χ1) is 12.1. The number of ether oxygens (including phenoxy) is 1. The molecule has 0 spiro atoms. The number of nitrogens with one attached hydrogen (secondary N) is 1. The zero-order chi connectivity index (χ0) is 17.8. The molecule has 0 saturated carbocycles. The van der Waals surface area contributed by atoms with Gasteiger partial charge in [-0.25, -0.2) is 4.79 Å². The zero-order valence-electron chi connectivity index (χ0n) is 14.0. The van der Waals surface area contributed by atoms with Crippen molar-refractivity contribution < 1.29 is 14.3 Å². The van der Waals surface area contributed by atoms with Crippen molar-refractivity contribution in [1.82, 2.24) is 0 Å². The van der Waals surface area contributed by atoms with Gasteiger partial charge in [0.15, 0.2) is 0 Å². The Labute approximate surface area is 156 Å². The molecule has 6 heteroatoms. The molecule has 0 bridgehead atoms. The summed E-state index contributed by atoms with van der Waals surface area (Å²) in [6.45, 7) is 2.08. The minimum absolute atomic E-state index is 0.305. The third-order valence-electron chi connectivity index (χ3n) is 4.21. The van der Waals surface area contributed by atoms with Crippen LogP contribution in [0.3, 0.4) is 0 Å². The number of fused-ring (bicyclic) bond motifs is 1. The summed E-state index contributed by atoms with van der Waals surface area (Å²) in [6, 6.07) is 9.17. The SMILES string of the molecule is CCOC(=O)c1c(NC(=O)[C@H](Cl)c2ccccc2)sc2c1CCCC2. The van der Waals surface area contributed by atoms with Gasteiger partial charge in [0, 0.05) is 4.88 Å². The number of halogens is 1. The van der Waals surface area contributed by atoms with Crippen LogP contribution in [0.4, 0.5) is 5.00 Å². The Morgan fingerprint density at radius 1 is 1.24 bits per heavy atom. The summed E-state index contributed by atoms with van der Waals surface area (Å²) in [5.74, 6) is -0.708. The number of carbonyl (C=O) groups is 2. The Kier molecular flexibility index (Phi) is 5.76. The summed E-state index contributed by atoms with van der Waals surface area (Å²) >= 11 is 7.77. The lowest BCUT2D eigenvalue weighted by Gasteiger charge is -2.13. The molecule has 132 valence electrons. The maximum Gasteiger partial charge on any atom is 0.341 e. The highest BCUT2D eigenvalue weighted by molar-refractivity contribution is 7.17. The number of hydrogen-bond acceptors (Lipinski definition) is 4. The fourth-order valence-corrected chi connectivity index (χ4v) is 4.50. The Bertz CT molecular complexity index is 772. The number of hydrogen-bond donors (Lipinski definition) is 1. The van der Waals surface area contributed by atoms with Crippen molar-refractivity contribution in [3.8, 4) is 0 Å². The zero-order valence-corrected chi connectivity index (χ0v) is 15.6. The van der Waals surface area contributed by atoms with Gasteiger partial charge in [-0.1, -0.05) is 30.3 Å². The monoisotopic (exact) mass is 377 g/mol. The predicted molar refractivity (Wildman–Crippen MR) is 101 cm³/mol. The summed E-state index contributed by atoms with van der Waals surface area (Å²) in [4.78, 5) is 26.2. The molecule has 3 rings (SSSR count). The Morgan fingerprint density at radius 2 is 1.96 bits per heavy atom. The van der Waals surface area contributed by atoms with Gasteiger partial charge in [0.05, 0.1) is 12.2 Å². The van der Waals surface area contributed by atoms with Gasteiger partial charge in [0.1, 0.15) is 10.4 Å². The van der Waals surface area contributed by atoms with Crippen LogP contribution in [0.15, 0.2) is 30.3 Å². The number of thiophene rings is 1. The highest BCUT2D eigenvalue weighted by Gasteiger charge is 2.28. The third kappa shape index (κ3) is 3.88. The van der Waals surface area contributed by atoms with E-state index in [0.717, 1.165) is 41.7 Å². The number of aryl methyl sites for hydroxylation is 1. The molecular weight excluding hydrogens is 358 g/mol. The van der Waals surface area contributed by atoms with E-state index in [1.807, 2.05) is 30.3 Å². The fourth-order valence-electron chi connectivity index (χ4n) is 3.02. The van der Waals surface area contributed by atoms with Gasteiger partial charge in [-0.15, -0.1) is 22.9 Å². The molecule has 1 heterocycles. The number of amides is 1. The first-order valence-corrected chi connectivity index (χ1v) is 9.68. The molecule has 1 atom stereocenters. The summed E-state index contributed by atoms with van der Waals surface area (Å²) in [7, 11) is 0. The standard InChI is InChI=1S/C19H20ClNO3S/c1-2-24-19(23)15-13-10-6-7-11-14(13)25-18(15)21-17(22)16(20)12-8-4-3-5-9-12/h3-5,8-9,16H,2,6-7,10-11H2,1H3,(H,21,22)/t16-/m1/s1. The van der Waals surface area contributed by atoms with Crippen molar-refractivity contribution in [3.63, 3.8) is 0 Å². The van der Waals surface area contributed by atoms with Crippen molar-refractivity contribution in [2.24, 2.45) is 0 Å². The summed E-state index contributed by atoms with van der Waals surface area (Å²) in [5, 5.41) is 2.59. The van der Waals surface area contributed by atoms with Gasteiger partial charge < -0.3 is 10.1 Å². The van der Waals surface area contributed by atoms with E-state index in [1.165, 1.54) is 11.3 Å². The molecule has 1 aliphatic rings. The molecule has 0 fully saturated rings. The van der Waals surface area contributed by atoms with Gasteiger partial charge in [-0.2, -0.15) is 0 Å². The Balaban J connectivity index is 1.87. The molecule has 1 aliphatic carbocycles. The predicted octanol–water partition coefficient (Wildman–Crippen LogP) is 4.72. The van der Waals surface area contributed by atoms with E-state index in [4.69, 9.17) is 16.3 Å². The van der Waals surface area contributed by atoms with Crippen LogP contribution in [-0.4, -0.2) is 18.5 Å². The molecule has 25 heavy (non-hydrogen) atoms. The molecule has 2 aromatic rings. The van der Waals surface area contributed by atoms with Crippen LogP contribution in [-0.2, 0) is 22.4 Å². The minimum atomic E-state index is -0.810. The summed E-state index contributed by atoms with van der Waals surface area (Å²) < 4.78 is 5.20. The van der Waals surface area contributed by atoms with E-state index in [2.05, 4.69) is 5.32 Å². The first kappa shape index (κ1) is 18.0. The normalized spacial score (nSPS) is 14.5. The van der Waals surface area contributed by atoms with Crippen LogP contribution < -0.4 is 5.32 Å². The van der Waals surface area contributed by atoms with Crippen molar-refractivity contribution in [2.45, 2.75) is 38.0 Å². The average Bonchev–Trinajstić information content (AvgIpc) is 2.99.